The van der Waals surface area contributed by atoms with E-state index in [4.69, 9.17) is 18.0 Å². The molecule has 3 rings (SSSR count). The number of hydrogen-bond acceptors (Lipinski definition) is 4. The van der Waals surface area contributed by atoms with Crippen LogP contribution in [0.2, 0.25) is 0 Å². The van der Waals surface area contributed by atoms with Crippen LogP contribution in [0.5, 0.6) is 0 Å². The van der Waals surface area contributed by atoms with Crippen molar-refractivity contribution in [2.75, 3.05) is 17.8 Å². The monoisotopic (exact) mass is 393 g/mol. The van der Waals surface area contributed by atoms with Crippen LogP contribution in [0.15, 0.2) is 16.7 Å². The standard InChI is InChI=1S/C13H17BrNS.CH4O3S/c14-12-6-5-11(9-16-7-1-2-8-16)13(15-12)10-3-4-10;1-5(2,3)4/h5-6,10H,1-4,7-9H2;1H3,(H,2,3,4)/q+1;/p-1. The van der Waals surface area contributed by atoms with Crippen LogP contribution in [0.25, 0.3) is 0 Å². The molecule has 1 aromatic heterocycles. The molecule has 2 fully saturated rings. The summed E-state index contributed by atoms with van der Waals surface area (Å²) in [6, 6.07) is 4.41. The average Bonchev–Trinajstić information content (AvgIpc) is 3.08. The molecule has 4 nitrogen and oxygen atoms in total. The first-order valence-corrected chi connectivity index (χ1v) is 11.4. The predicted octanol–water partition coefficient (Wildman–Crippen LogP) is 2.80. The molecule has 1 aliphatic heterocycles. The maximum Gasteiger partial charge on any atom is 0.135 e. The van der Waals surface area contributed by atoms with E-state index in [1.807, 2.05) is 0 Å². The highest BCUT2D eigenvalue weighted by atomic mass is 79.9. The molecule has 0 spiro atoms. The topological polar surface area (TPSA) is 70.1 Å². The first-order valence-electron chi connectivity index (χ1n) is 7.03. The largest absolute Gasteiger partial charge is 0.748 e. The van der Waals surface area contributed by atoms with Crippen molar-refractivity contribution in [3.05, 3.63) is 28.0 Å². The lowest BCUT2D eigenvalue weighted by Gasteiger charge is -2.07. The molecule has 2 heterocycles. The van der Waals surface area contributed by atoms with E-state index < -0.39 is 10.1 Å². The second kappa shape index (κ2) is 7.44. The van der Waals surface area contributed by atoms with Crippen molar-refractivity contribution in [1.82, 2.24) is 4.98 Å². The number of aromatic nitrogens is 1. The Kier molecular flexibility index (Phi) is 6.11. The van der Waals surface area contributed by atoms with Crippen LogP contribution >= 0.6 is 15.9 Å². The smallest absolute Gasteiger partial charge is 0.135 e. The fraction of sp³-hybridized carbons (Fsp3) is 0.643. The van der Waals surface area contributed by atoms with Crippen LogP contribution in [-0.4, -0.2) is 35.7 Å². The maximum absolute atomic E-state index is 9.08. The van der Waals surface area contributed by atoms with E-state index in [0.717, 1.165) is 10.5 Å². The molecule has 2 aliphatic rings. The highest BCUT2D eigenvalue weighted by molar-refractivity contribution is 9.10. The zero-order chi connectivity index (χ0) is 15.5. The van der Waals surface area contributed by atoms with Crippen LogP contribution in [0.3, 0.4) is 0 Å². The number of rotatable bonds is 3. The summed E-state index contributed by atoms with van der Waals surface area (Å²) in [6.07, 6.45) is 6.21. The van der Waals surface area contributed by atoms with E-state index in [0.29, 0.717) is 17.2 Å². The number of hydrogen-bond donors (Lipinski definition) is 0. The van der Waals surface area contributed by atoms with E-state index >= 15 is 0 Å². The molecule has 118 valence electrons. The third-order valence-electron chi connectivity index (χ3n) is 3.42. The first-order chi connectivity index (χ1) is 9.83. The zero-order valence-corrected chi connectivity index (χ0v) is 15.3. The number of pyridine rings is 1. The molecule has 1 saturated heterocycles. The summed E-state index contributed by atoms with van der Waals surface area (Å²) in [5, 5.41) is 0. The van der Waals surface area contributed by atoms with Gasteiger partial charge < -0.3 is 4.55 Å². The average molecular weight is 394 g/mol. The van der Waals surface area contributed by atoms with Crippen molar-refractivity contribution in [3.63, 3.8) is 0 Å². The van der Waals surface area contributed by atoms with E-state index in [2.05, 4.69) is 28.1 Å². The van der Waals surface area contributed by atoms with E-state index in [-0.39, 0.29) is 0 Å². The van der Waals surface area contributed by atoms with Crippen LogP contribution in [0.1, 0.15) is 42.9 Å². The Morgan fingerprint density at radius 3 is 2.43 bits per heavy atom. The van der Waals surface area contributed by atoms with Crippen molar-refractivity contribution in [2.45, 2.75) is 37.4 Å². The van der Waals surface area contributed by atoms with Gasteiger partial charge in [0.1, 0.15) is 21.9 Å². The van der Waals surface area contributed by atoms with Crippen LogP contribution in [0, 0.1) is 0 Å². The molecular weight excluding hydrogens is 374 g/mol. The summed E-state index contributed by atoms with van der Waals surface area (Å²) >= 11 is 3.50. The Hall–Kier alpha value is -0.110. The van der Waals surface area contributed by atoms with Crippen LogP contribution in [0.4, 0.5) is 0 Å². The Morgan fingerprint density at radius 2 is 1.90 bits per heavy atom. The van der Waals surface area contributed by atoms with Crippen molar-refractivity contribution < 1.29 is 13.0 Å². The van der Waals surface area contributed by atoms with Gasteiger partial charge in [0.15, 0.2) is 0 Å². The maximum atomic E-state index is 9.08. The van der Waals surface area contributed by atoms with Gasteiger partial charge in [-0.05, 0) is 64.6 Å². The molecule has 0 radical (unpaired) electrons. The molecule has 1 aromatic rings. The van der Waals surface area contributed by atoms with E-state index in [9.17, 15) is 0 Å². The molecule has 0 bridgehead atoms. The minimum Gasteiger partial charge on any atom is -0.748 e. The zero-order valence-electron chi connectivity index (χ0n) is 12.0. The quantitative estimate of drug-likeness (QED) is 0.449. The third kappa shape index (κ3) is 6.67. The highest BCUT2D eigenvalue weighted by Crippen LogP contribution is 2.41. The molecule has 7 heteroatoms. The van der Waals surface area contributed by atoms with Gasteiger partial charge in [-0.25, -0.2) is 13.4 Å². The van der Waals surface area contributed by atoms with Crippen molar-refractivity contribution in [3.8, 4) is 0 Å². The van der Waals surface area contributed by atoms with Gasteiger partial charge in [-0.2, -0.15) is 0 Å². The summed E-state index contributed by atoms with van der Waals surface area (Å²) in [5.74, 6) is 4.99. The summed E-state index contributed by atoms with van der Waals surface area (Å²) < 4.78 is 28.2. The minimum absolute atomic E-state index is 0.604. The van der Waals surface area contributed by atoms with Crippen LogP contribution in [-0.2, 0) is 26.8 Å². The normalized spacial score (nSPS) is 19.2. The second-order valence-corrected chi connectivity index (χ2v) is 10.1. The van der Waals surface area contributed by atoms with Crippen molar-refractivity contribution in [2.24, 2.45) is 0 Å². The molecule has 0 aromatic carbocycles. The Morgan fingerprint density at radius 1 is 1.33 bits per heavy atom. The molecule has 1 aliphatic carbocycles. The van der Waals surface area contributed by atoms with Gasteiger partial charge in [-0.15, -0.1) is 0 Å². The minimum atomic E-state index is -3.92. The molecule has 0 unspecified atom stereocenters. The SMILES string of the molecule is Brc1ccc(C[S+]2CCCC2)c(C2CC2)n1.CS(=O)(=O)[O-]. The van der Waals surface area contributed by atoms with Crippen molar-refractivity contribution in [1.29, 1.82) is 0 Å². The van der Waals surface area contributed by atoms with Gasteiger partial charge in [0, 0.05) is 17.7 Å². The fourth-order valence-corrected chi connectivity index (χ4v) is 5.11. The number of nitrogens with zero attached hydrogens (tertiary/aromatic N) is 1. The van der Waals surface area contributed by atoms with Gasteiger partial charge >= 0.3 is 0 Å². The lowest BCUT2D eigenvalue weighted by Crippen LogP contribution is -2.09. The van der Waals surface area contributed by atoms with Gasteiger partial charge in [0.25, 0.3) is 0 Å². The molecule has 0 N–H and O–H groups in total. The molecule has 0 amide bonds. The van der Waals surface area contributed by atoms with Crippen LogP contribution < -0.4 is 0 Å². The molecule has 0 atom stereocenters. The highest BCUT2D eigenvalue weighted by Gasteiger charge is 2.31. The van der Waals surface area contributed by atoms with Gasteiger partial charge in [-0.3, -0.25) is 0 Å². The summed E-state index contributed by atoms with van der Waals surface area (Å²) in [4.78, 5) is 4.70. The van der Waals surface area contributed by atoms with Gasteiger partial charge in [0.05, 0.1) is 15.8 Å². The number of halogens is 1. The Labute approximate surface area is 138 Å². The lowest BCUT2D eigenvalue weighted by atomic mass is 10.1. The summed E-state index contributed by atoms with van der Waals surface area (Å²) in [6.45, 7) is 0. The third-order valence-corrected chi connectivity index (χ3v) is 6.31. The fourth-order valence-electron chi connectivity index (χ4n) is 2.39. The molecular formula is C14H20BrNO3S2. The van der Waals surface area contributed by atoms with E-state index in [1.54, 1.807) is 0 Å². The molecule has 1 saturated carbocycles. The predicted molar refractivity (Wildman–Crippen MR) is 89.6 cm³/mol. The van der Waals surface area contributed by atoms with Gasteiger partial charge in [-0.1, -0.05) is 0 Å². The Bertz CT molecular complexity index is 574. The Balaban J connectivity index is 0.000000282. The first kappa shape index (κ1) is 17.2. The summed E-state index contributed by atoms with van der Waals surface area (Å²) in [7, 11) is -3.26. The van der Waals surface area contributed by atoms with Crippen molar-refractivity contribution >= 4 is 36.9 Å². The second-order valence-electron chi connectivity index (χ2n) is 5.53. The van der Waals surface area contributed by atoms with Gasteiger partial charge in [0.2, 0.25) is 0 Å². The summed E-state index contributed by atoms with van der Waals surface area (Å²) in [5.41, 5.74) is 2.93. The molecule has 21 heavy (non-hydrogen) atoms. The van der Waals surface area contributed by atoms with E-state index in [1.165, 1.54) is 54.2 Å². The lowest BCUT2D eigenvalue weighted by molar-refractivity contribution is 0.470.